The van der Waals surface area contributed by atoms with Crippen molar-refractivity contribution >= 4 is 11.0 Å². The fourth-order valence-electron chi connectivity index (χ4n) is 3.50. The molecule has 1 N–H and O–H groups in total. The molecular weight excluding hydrogens is 262 g/mol. The molecule has 4 nitrogen and oxygen atoms in total. The van der Waals surface area contributed by atoms with Gasteiger partial charge < -0.3 is 9.67 Å². The van der Waals surface area contributed by atoms with E-state index in [2.05, 4.69) is 23.7 Å². The molecule has 0 spiro atoms. The van der Waals surface area contributed by atoms with Gasteiger partial charge in [0.15, 0.2) is 0 Å². The maximum atomic E-state index is 10.6. The minimum absolute atomic E-state index is 0.445. The molecule has 4 heteroatoms. The van der Waals surface area contributed by atoms with Crippen LogP contribution in [-0.2, 0) is 7.05 Å². The van der Waals surface area contributed by atoms with Gasteiger partial charge in [0.05, 0.1) is 23.5 Å². The second-order valence-corrected chi connectivity index (χ2v) is 6.45. The molecule has 1 aromatic heterocycles. The fourth-order valence-corrected chi connectivity index (χ4v) is 3.50. The number of nitrogens with zero attached hydrogens (tertiary/aromatic N) is 3. The molecule has 1 aliphatic rings. The van der Waals surface area contributed by atoms with Crippen LogP contribution in [0.5, 0.6) is 0 Å². The molecule has 1 saturated heterocycles. The Balaban J connectivity index is 1.78. The topological polar surface area (TPSA) is 41.3 Å². The average Bonchev–Trinajstić information content (AvgIpc) is 2.84. The Hall–Kier alpha value is -1.39. The molecule has 0 radical (unpaired) electrons. The second kappa shape index (κ2) is 5.78. The van der Waals surface area contributed by atoms with Gasteiger partial charge in [0.1, 0.15) is 0 Å². The van der Waals surface area contributed by atoms with Gasteiger partial charge in [0.25, 0.3) is 0 Å². The summed E-state index contributed by atoms with van der Waals surface area (Å²) < 4.78 is 2.00. The number of aliphatic hydroxyl groups excluding tert-OH is 1. The quantitative estimate of drug-likeness (QED) is 0.944. The highest BCUT2D eigenvalue weighted by atomic mass is 16.3. The molecule has 1 fully saturated rings. The van der Waals surface area contributed by atoms with E-state index in [-0.39, 0.29) is 0 Å². The minimum atomic E-state index is -0.445. The number of benzene rings is 1. The summed E-state index contributed by atoms with van der Waals surface area (Å²) in [6, 6.07) is 7.20. The zero-order valence-electron chi connectivity index (χ0n) is 13.2. The van der Waals surface area contributed by atoms with Crippen LogP contribution in [0.2, 0.25) is 0 Å². The largest absolute Gasteiger partial charge is 0.387 e. The zero-order chi connectivity index (χ0) is 15.0. The molecule has 114 valence electrons. The normalized spacial score (nSPS) is 25.3. The maximum Gasteiger partial charge on any atom is 0.0955 e. The van der Waals surface area contributed by atoms with E-state index in [0.29, 0.717) is 18.6 Å². The third-order valence-corrected chi connectivity index (χ3v) is 4.89. The molecular formula is C17H25N3O. The van der Waals surface area contributed by atoms with Gasteiger partial charge in [0.2, 0.25) is 0 Å². The molecule has 0 amide bonds. The minimum Gasteiger partial charge on any atom is -0.387 e. The van der Waals surface area contributed by atoms with Crippen LogP contribution in [-0.4, -0.2) is 38.2 Å². The van der Waals surface area contributed by atoms with Crippen molar-refractivity contribution in [2.24, 2.45) is 7.05 Å². The summed E-state index contributed by atoms with van der Waals surface area (Å²) >= 11 is 0. The van der Waals surface area contributed by atoms with Crippen molar-refractivity contribution in [1.29, 1.82) is 0 Å². The van der Waals surface area contributed by atoms with Gasteiger partial charge in [-0.15, -0.1) is 0 Å². The predicted molar refractivity (Wildman–Crippen MR) is 85.2 cm³/mol. The van der Waals surface area contributed by atoms with Crippen LogP contribution in [0.1, 0.15) is 44.8 Å². The molecule has 3 unspecified atom stereocenters. The van der Waals surface area contributed by atoms with Crippen molar-refractivity contribution in [2.75, 3.05) is 6.54 Å². The zero-order valence-corrected chi connectivity index (χ0v) is 13.2. The Morgan fingerprint density at radius 1 is 1.29 bits per heavy atom. The molecule has 0 aliphatic carbocycles. The van der Waals surface area contributed by atoms with Gasteiger partial charge in [-0.05, 0) is 44.4 Å². The highest BCUT2D eigenvalue weighted by Crippen LogP contribution is 2.26. The number of aryl methyl sites for hydroxylation is 1. The van der Waals surface area contributed by atoms with Crippen molar-refractivity contribution in [3.8, 4) is 0 Å². The lowest BCUT2D eigenvalue weighted by Gasteiger charge is -2.40. The number of rotatable bonds is 3. The van der Waals surface area contributed by atoms with Gasteiger partial charge in [-0.3, -0.25) is 4.90 Å². The second-order valence-electron chi connectivity index (χ2n) is 6.45. The van der Waals surface area contributed by atoms with Gasteiger partial charge in [-0.2, -0.15) is 0 Å². The molecule has 1 aromatic carbocycles. The van der Waals surface area contributed by atoms with Crippen molar-refractivity contribution in [1.82, 2.24) is 14.5 Å². The number of β-amino-alcohol motifs (C(OH)–C–C–N with tert-alkyl or cyclic N) is 1. The SMILES string of the molecule is CC1CCCC(C)N1CC(O)c1ccc2c(c1)ncn2C. The molecule has 3 rings (SSSR count). The van der Waals surface area contributed by atoms with Crippen LogP contribution in [0.15, 0.2) is 24.5 Å². The number of imidazole rings is 1. The highest BCUT2D eigenvalue weighted by molar-refractivity contribution is 5.76. The van der Waals surface area contributed by atoms with Gasteiger partial charge in [-0.25, -0.2) is 4.98 Å². The molecule has 2 heterocycles. The van der Waals surface area contributed by atoms with E-state index in [1.54, 1.807) is 0 Å². The first kappa shape index (κ1) is 14.5. The number of aromatic nitrogens is 2. The van der Waals surface area contributed by atoms with Crippen molar-refractivity contribution in [3.05, 3.63) is 30.1 Å². The van der Waals surface area contributed by atoms with Gasteiger partial charge >= 0.3 is 0 Å². The molecule has 1 aliphatic heterocycles. The number of piperidine rings is 1. The van der Waals surface area contributed by atoms with Crippen LogP contribution in [0.3, 0.4) is 0 Å². The van der Waals surface area contributed by atoms with Crippen LogP contribution in [0.4, 0.5) is 0 Å². The van der Waals surface area contributed by atoms with Gasteiger partial charge in [0, 0.05) is 25.7 Å². The first-order valence-electron chi connectivity index (χ1n) is 7.91. The van der Waals surface area contributed by atoms with Crippen molar-refractivity contribution in [2.45, 2.75) is 51.3 Å². The Morgan fingerprint density at radius 2 is 2.00 bits per heavy atom. The molecule has 0 saturated carbocycles. The summed E-state index contributed by atoms with van der Waals surface area (Å²) in [5.41, 5.74) is 3.02. The maximum absolute atomic E-state index is 10.6. The number of aliphatic hydroxyl groups is 1. The predicted octanol–water partition coefficient (Wildman–Crippen LogP) is 2.87. The van der Waals surface area contributed by atoms with E-state index < -0.39 is 6.10 Å². The number of hydrogen-bond donors (Lipinski definition) is 1. The number of fused-ring (bicyclic) bond motifs is 1. The first-order chi connectivity index (χ1) is 10.1. The van der Waals surface area contributed by atoms with Crippen LogP contribution in [0, 0.1) is 0 Å². The molecule has 21 heavy (non-hydrogen) atoms. The summed E-state index contributed by atoms with van der Waals surface area (Å²) in [5, 5.41) is 10.6. The third-order valence-electron chi connectivity index (χ3n) is 4.89. The van der Waals surface area contributed by atoms with E-state index in [1.165, 1.54) is 19.3 Å². The van der Waals surface area contributed by atoms with Crippen LogP contribution >= 0.6 is 0 Å². The Labute approximate surface area is 126 Å². The van der Waals surface area contributed by atoms with E-state index >= 15 is 0 Å². The lowest BCUT2D eigenvalue weighted by atomic mass is 9.96. The summed E-state index contributed by atoms with van der Waals surface area (Å²) in [4.78, 5) is 6.82. The van der Waals surface area contributed by atoms with Crippen LogP contribution in [0.25, 0.3) is 11.0 Å². The van der Waals surface area contributed by atoms with E-state index in [1.807, 2.05) is 36.1 Å². The van der Waals surface area contributed by atoms with Crippen molar-refractivity contribution in [3.63, 3.8) is 0 Å². The monoisotopic (exact) mass is 287 g/mol. The first-order valence-corrected chi connectivity index (χ1v) is 7.91. The lowest BCUT2D eigenvalue weighted by Crippen LogP contribution is -2.45. The summed E-state index contributed by atoms with van der Waals surface area (Å²) in [6.45, 7) is 5.25. The van der Waals surface area contributed by atoms with E-state index in [4.69, 9.17) is 0 Å². The molecule has 2 aromatic rings. The molecule has 3 atom stereocenters. The lowest BCUT2D eigenvalue weighted by molar-refractivity contribution is 0.0412. The Kier molecular flexibility index (Phi) is 4.00. The Bertz CT molecular complexity index is 612. The number of likely N-dealkylation sites (tertiary alicyclic amines) is 1. The van der Waals surface area contributed by atoms with E-state index in [9.17, 15) is 5.11 Å². The summed E-state index contributed by atoms with van der Waals surface area (Å²) in [7, 11) is 1.99. The standard InChI is InChI=1S/C17H25N3O/c1-12-5-4-6-13(2)20(12)10-17(21)14-7-8-16-15(9-14)18-11-19(16)3/h7-9,11-13,17,21H,4-6,10H2,1-3H3. The third kappa shape index (κ3) is 2.83. The average molecular weight is 287 g/mol. The van der Waals surface area contributed by atoms with Crippen molar-refractivity contribution < 1.29 is 5.11 Å². The molecule has 0 bridgehead atoms. The van der Waals surface area contributed by atoms with Crippen LogP contribution < -0.4 is 0 Å². The summed E-state index contributed by atoms with van der Waals surface area (Å²) in [5.74, 6) is 0. The smallest absolute Gasteiger partial charge is 0.0955 e. The fraction of sp³-hybridized carbons (Fsp3) is 0.588. The highest BCUT2D eigenvalue weighted by Gasteiger charge is 2.26. The summed E-state index contributed by atoms with van der Waals surface area (Å²) in [6.07, 6.45) is 5.14. The Morgan fingerprint density at radius 3 is 2.71 bits per heavy atom. The van der Waals surface area contributed by atoms with Gasteiger partial charge in [-0.1, -0.05) is 12.5 Å². The van der Waals surface area contributed by atoms with E-state index in [0.717, 1.165) is 16.6 Å². The number of hydrogen-bond acceptors (Lipinski definition) is 3.